The number of piperidine rings is 1. The summed E-state index contributed by atoms with van der Waals surface area (Å²) in [4.78, 5) is 21.2. The summed E-state index contributed by atoms with van der Waals surface area (Å²) in [6.45, 7) is 5.96. The van der Waals surface area contributed by atoms with Crippen molar-refractivity contribution < 1.29 is 4.79 Å². The number of amides is 1. The standard InChI is InChI=1S/C24H29N3OS/c1-17(10-11-19-7-4-3-5-8-19)26-24(28)20-9-6-14-27(16-20)23-21-15-18(2)29-22(21)12-13-25-23/h3-5,7-8,12-13,15,17,20H,6,9-11,14,16H2,1-2H3,(H,26,28)/t17-,20+/m1/s1. The van der Waals surface area contributed by atoms with Crippen molar-refractivity contribution in [3.63, 3.8) is 0 Å². The van der Waals surface area contributed by atoms with Crippen LogP contribution in [-0.2, 0) is 11.2 Å². The Kier molecular flexibility index (Phi) is 6.14. The Balaban J connectivity index is 1.37. The first-order chi connectivity index (χ1) is 14.1. The van der Waals surface area contributed by atoms with Crippen LogP contribution in [-0.4, -0.2) is 30.0 Å². The number of hydrogen-bond acceptors (Lipinski definition) is 4. The summed E-state index contributed by atoms with van der Waals surface area (Å²) in [5, 5.41) is 4.46. The predicted molar refractivity (Wildman–Crippen MR) is 122 cm³/mol. The summed E-state index contributed by atoms with van der Waals surface area (Å²) in [6, 6.07) is 14.9. The van der Waals surface area contributed by atoms with E-state index in [4.69, 9.17) is 0 Å². The molecule has 1 amide bonds. The zero-order valence-electron chi connectivity index (χ0n) is 17.2. The highest BCUT2D eigenvalue weighted by molar-refractivity contribution is 7.19. The number of nitrogens with one attached hydrogen (secondary N) is 1. The fourth-order valence-electron chi connectivity index (χ4n) is 4.17. The lowest BCUT2D eigenvalue weighted by atomic mass is 9.96. The van der Waals surface area contributed by atoms with Gasteiger partial charge in [0.25, 0.3) is 0 Å². The molecule has 3 aromatic rings. The van der Waals surface area contributed by atoms with Crippen molar-refractivity contribution >= 4 is 33.1 Å². The molecule has 29 heavy (non-hydrogen) atoms. The van der Waals surface area contributed by atoms with E-state index >= 15 is 0 Å². The highest BCUT2D eigenvalue weighted by atomic mass is 32.1. The molecule has 3 heterocycles. The lowest BCUT2D eigenvalue weighted by Gasteiger charge is -2.33. The molecule has 2 atom stereocenters. The molecular weight excluding hydrogens is 378 g/mol. The summed E-state index contributed by atoms with van der Waals surface area (Å²) in [7, 11) is 0. The molecule has 1 aliphatic heterocycles. The minimum atomic E-state index is 0.0275. The number of pyridine rings is 1. The van der Waals surface area contributed by atoms with E-state index in [0.29, 0.717) is 0 Å². The van der Waals surface area contributed by atoms with Crippen molar-refractivity contribution in [1.29, 1.82) is 0 Å². The van der Waals surface area contributed by atoms with E-state index in [0.717, 1.165) is 44.6 Å². The topological polar surface area (TPSA) is 45.2 Å². The summed E-state index contributed by atoms with van der Waals surface area (Å²) < 4.78 is 1.27. The maximum absolute atomic E-state index is 12.9. The van der Waals surface area contributed by atoms with Gasteiger partial charge >= 0.3 is 0 Å². The van der Waals surface area contributed by atoms with Crippen molar-refractivity contribution in [2.45, 2.75) is 45.6 Å². The van der Waals surface area contributed by atoms with Gasteiger partial charge in [-0.2, -0.15) is 0 Å². The average molecular weight is 408 g/mol. The quantitative estimate of drug-likeness (QED) is 0.628. The van der Waals surface area contributed by atoms with Gasteiger partial charge in [-0.25, -0.2) is 4.98 Å². The Bertz CT molecular complexity index is 969. The number of rotatable bonds is 6. The van der Waals surface area contributed by atoms with Crippen molar-refractivity contribution in [2.75, 3.05) is 18.0 Å². The number of thiophene rings is 1. The first-order valence-corrected chi connectivity index (χ1v) is 11.4. The third-order valence-corrected chi connectivity index (χ3v) is 6.75. The van der Waals surface area contributed by atoms with Crippen LogP contribution in [0.25, 0.3) is 10.1 Å². The van der Waals surface area contributed by atoms with E-state index in [1.807, 2.05) is 12.3 Å². The van der Waals surface area contributed by atoms with Gasteiger partial charge < -0.3 is 10.2 Å². The van der Waals surface area contributed by atoms with Crippen LogP contribution < -0.4 is 10.2 Å². The minimum absolute atomic E-state index is 0.0275. The molecule has 152 valence electrons. The zero-order valence-corrected chi connectivity index (χ0v) is 18.0. The zero-order chi connectivity index (χ0) is 20.2. The van der Waals surface area contributed by atoms with Gasteiger partial charge in [0.05, 0.1) is 5.92 Å². The van der Waals surface area contributed by atoms with Crippen molar-refractivity contribution in [2.24, 2.45) is 5.92 Å². The number of aryl methyl sites for hydroxylation is 2. The van der Waals surface area contributed by atoms with Gasteiger partial charge in [0.2, 0.25) is 5.91 Å². The van der Waals surface area contributed by atoms with E-state index in [2.05, 4.69) is 65.4 Å². The van der Waals surface area contributed by atoms with Crippen molar-refractivity contribution in [1.82, 2.24) is 10.3 Å². The van der Waals surface area contributed by atoms with Crippen LogP contribution in [0.1, 0.15) is 36.6 Å². The Labute approximate surface area is 177 Å². The van der Waals surface area contributed by atoms with E-state index in [9.17, 15) is 4.79 Å². The highest BCUT2D eigenvalue weighted by Crippen LogP contribution is 2.33. The molecule has 0 bridgehead atoms. The molecule has 0 aliphatic carbocycles. The summed E-state index contributed by atoms with van der Waals surface area (Å²) in [5.74, 6) is 1.24. The third kappa shape index (κ3) is 4.78. The predicted octanol–water partition coefficient (Wildman–Crippen LogP) is 4.96. The average Bonchev–Trinajstić information content (AvgIpc) is 3.13. The van der Waals surface area contributed by atoms with Gasteiger partial charge in [-0.1, -0.05) is 30.3 Å². The Hall–Kier alpha value is -2.40. The van der Waals surface area contributed by atoms with Gasteiger partial charge in [0, 0.05) is 40.3 Å². The monoisotopic (exact) mass is 407 g/mol. The van der Waals surface area contributed by atoms with Crippen LogP contribution in [0.2, 0.25) is 0 Å². The first-order valence-electron chi connectivity index (χ1n) is 10.5. The van der Waals surface area contributed by atoms with Crippen molar-refractivity contribution in [3.8, 4) is 0 Å². The van der Waals surface area contributed by atoms with E-state index in [-0.39, 0.29) is 17.9 Å². The molecule has 1 saturated heterocycles. The SMILES string of the molecule is Cc1cc2c(N3CCC[C@H](C(=O)N[C@H](C)CCc4ccccc4)C3)nccc2s1. The van der Waals surface area contributed by atoms with Gasteiger partial charge in [0.1, 0.15) is 5.82 Å². The first kappa shape index (κ1) is 19.9. The molecule has 1 fully saturated rings. The second kappa shape index (κ2) is 8.95. The van der Waals surface area contributed by atoms with Crippen LogP contribution in [0.15, 0.2) is 48.7 Å². The lowest BCUT2D eigenvalue weighted by molar-refractivity contribution is -0.125. The van der Waals surface area contributed by atoms with Crippen LogP contribution in [0.5, 0.6) is 0 Å². The molecule has 2 aromatic heterocycles. The number of carbonyl (C=O) groups excluding carboxylic acids is 1. The molecule has 4 rings (SSSR count). The number of nitrogens with zero attached hydrogens (tertiary/aromatic N) is 2. The molecule has 0 spiro atoms. The number of hydrogen-bond donors (Lipinski definition) is 1. The minimum Gasteiger partial charge on any atom is -0.355 e. The lowest BCUT2D eigenvalue weighted by Crippen LogP contribution is -2.45. The smallest absolute Gasteiger partial charge is 0.225 e. The largest absolute Gasteiger partial charge is 0.355 e. The van der Waals surface area contributed by atoms with E-state index < -0.39 is 0 Å². The van der Waals surface area contributed by atoms with E-state index in [1.165, 1.54) is 20.5 Å². The van der Waals surface area contributed by atoms with Crippen molar-refractivity contribution in [3.05, 3.63) is 59.1 Å². The Morgan fingerprint density at radius 1 is 1.31 bits per heavy atom. The second-order valence-electron chi connectivity index (χ2n) is 8.12. The molecule has 0 unspecified atom stereocenters. The Morgan fingerprint density at radius 3 is 2.97 bits per heavy atom. The van der Waals surface area contributed by atoms with Crippen LogP contribution >= 0.6 is 11.3 Å². The fraction of sp³-hybridized carbons (Fsp3) is 0.417. The molecule has 1 aliphatic rings. The molecule has 0 radical (unpaired) electrons. The molecule has 1 N–H and O–H groups in total. The van der Waals surface area contributed by atoms with Gasteiger partial charge in [0.15, 0.2) is 0 Å². The van der Waals surface area contributed by atoms with Crippen LogP contribution in [0.3, 0.4) is 0 Å². The summed E-state index contributed by atoms with van der Waals surface area (Å²) >= 11 is 1.80. The number of carbonyl (C=O) groups is 1. The molecular formula is C24H29N3OS. The highest BCUT2D eigenvalue weighted by Gasteiger charge is 2.28. The maximum Gasteiger partial charge on any atom is 0.225 e. The third-order valence-electron chi connectivity index (χ3n) is 5.74. The second-order valence-corrected chi connectivity index (χ2v) is 9.41. The van der Waals surface area contributed by atoms with Gasteiger partial charge in [-0.05, 0) is 57.2 Å². The number of benzene rings is 1. The number of aromatic nitrogens is 1. The Morgan fingerprint density at radius 2 is 2.14 bits per heavy atom. The fourth-order valence-corrected chi connectivity index (χ4v) is 5.08. The van der Waals surface area contributed by atoms with E-state index in [1.54, 1.807) is 11.3 Å². The normalized spacial score (nSPS) is 18.0. The molecule has 4 nitrogen and oxygen atoms in total. The maximum atomic E-state index is 12.9. The van der Waals surface area contributed by atoms with Gasteiger partial charge in [-0.15, -0.1) is 11.3 Å². The van der Waals surface area contributed by atoms with Crippen LogP contribution in [0, 0.1) is 12.8 Å². The summed E-state index contributed by atoms with van der Waals surface area (Å²) in [6.07, 6.45) is 5.82. The number of anilines is 1. The molecule has 5 heteroatoms. The molecule has 1 aromatic carbocycles. The number of fused-ring (bicyclic) bond motifs is 1. The van der Waals surface area contributed by atoms with Crippen LogP contribution in [0.4, 0.5) is 5.82 Å². The van der Waals surface area contributed by atoms with Gasteiger partial charge in [-0.3, -0.25) is 4.79 Å². The molecule has 0 saturated carbocycles. The summed E-state index contributed by atoms with van der Waals surface area (Å²) in [5.41, 5.74) is 1.32.